The Labute approximate surface area is 135 Å². The number of halogens is 1. The number of nitrogens with zero attached hydrogens (tertiary/aromatic N) is 2. The van der Waals surface area contributed by atoms with Crippen molar-refractivity contribution in [2.24, 2.45) is 5.92 Å². The number of rotatable bonds is 4. The van der Waals surface area contributed by atoms with Crippen LogP contribution in [0.15, 0.2) is 5.38 Å². The van der Waals surface area contributed by atoms with Gasteiger partial charge in [-0.1, -0.05) is 0 Å². The number of amides is 1. The van der Waals surface area contributed by atoms with E-state index in [2.05, 4.69) is 15.3 Å². The molecule has 0 saturated heterocycles. The molecule has 1 atom stereocenters. The van der Waals surface area contributed by atoms with Gasteiger partial charge >= 0.3 is 0 Å². The van der Waals surface area contributed by atoms with Crippen LogP contribution in [0, 0.1) is 12.8 Å². The molecule has 2 N–H and O–H groups in total. The molecule has 1 saturated carbocycles. The number of hydrogen-bond donors (Lipinski definition) is 2. The summed E-state index contributed by atoms with van der Waals surface area (Å²) in [6, 6.07) is 0. The van der Waals surface area contributed by atoms with Gasteiger partial charge in [-0.2, -0.15) is 0 Å². The van der Waals surface area contributed by atoms with Crippen LogP contribution in [0.1, 0.15) is 36.6 Å². The average molecular weight is 341 g/mol. The monoisotopic (exact) mass is 341 g/mol. The Balaban J connectivity index is 1.72. The first-order valence-corrected chi connectivity index (χ1v) is 8.70. The van der Waals surface area contributed by atoms with E-state index in [-0.39, 0.29) is 11.8 Å². The van der Waals surface area contributed by atoms with Gasteiger partial charge in [0.2, 0.25) is 5.91 Å². The van der Waals surface area contributed by atoms with Crippen molar-refractivity contribution in [3.63, 3.8) is 0 Å². The van der Waals surface area contributed by atoms with Crippen LogP contribution in [0.2, 0.25) is 0 Å². The summed E-state index contributed by atoms with van der Waals surface area (Å²) in [5.41, 5.74) is 1.54. The molecule has 0 aliphatic heterocycles. The average Bonchev–Trinajstić information content (AvgIpc) is 3.01. The Bertz CT molecular complexity index is 692. The fourth-order valence-corrected chi connectivity index (χ4v) is 3.98. The van der Waals surface area contributed by atoms with Crippen molar-refractivity contribution in [1.29, 1.82) is 0 Å². The van der Waals surface area contributed by atoms with Crippen LogP contribution in [0.4, 0.5) is 9.52 Å². The first kappa shape index (κ1) is 15.5. The summed E-state index contributed by atoms with van der Waals surface area (Å²) in [7, 11) is 0. The minimum Gasteiger partial charge on any atom is -0.386 e. The lowest BCUT2D eigenvalue weighted by molar-refractivity contribution is -0.124. The van der Waals surface area contributed by atoms with Crippen LogP contribution in [-0.2, 0) is 4.79 Å². The predicted molar refractivity (Wildman–Crippen MR) is 84.8 cm³/mol. The summed E-state index contributed by atoms with van der Waals surface area (Å²) in [5, 5.41) is 15.3. The summed E-state index contributed by atoms with van der Waals surface area (Å²) in [5.74, 6) is -0.408. The Kier molecular flexibility index (Phi) is 4.24. The molecule has 22 heavy (non-hydrogen) atoms. The number of nitrogens with one attached hydrogen (secondary N) is 1. The standard InChI is InChI=1S/C14H16FN3O2S2/c1-6-11(22-13(16-6)7(2)19)10-5-21-14(17-10)18-12(20)8-3-9(15)4-8/h5,7-9,19H,3-4H2,1-2H3,(H,17,18,20)/t7?,8-,9-. The first-order chi connectivity index (χ1) is 10.4. The highest BCUT2D eigenvalue weighted by molar-refractivity contribution is 7.17. The van der Waals surface area contributed by atoms with E-state index in [9.17, 15) is 14.3 Å². The van der Waals surface area contributed by atoms with Crippen LogP contribution in [0.3, 0.4) is 0 Å². The van der Waals surface area contributed by atoms with E-state index in [0.717, 1.165) is 16.3 Å². The fourth-order valence-electron chi connectivity index (χ4n) is 2.24. The summed E-state index contributed by atoms with van der Waals surface area (Å²) < 4.78 is 12.8. The maximum atomic E-state index is 12.8. The van der Waals surface area contributed by atoms with Gasteiger partial charge in [0, 0.05) is 11.3 Å². The Morgan fingerprint density at radius 2 is 2.23 bits per heavy atom. The van der Waals surface area contributed by atoms with E-state index in [4.69, 9.17) is 0 Å². The molecule has 2 heterocycles. The number of aliphatic hydroxyl groups excluding tert-OH is 1. The number of alkyl halides is 1. The lowest BCUT2D eigenvalue weighted by Crippen LogP contribution is -2.35. The van der Waals surface area contributed by atoms with E-state index in [1.165, 1.54) is 22.7 Å². The van der Waals surface area contributed by atoms with Crippen LogP contribution < -0.4 is 5.32 Å². The van der Waals surface area contributed by atoms with E-state index < -0.39 is 12.3 Å². The second kappa shape index (κ2) is 6.02. The summed E-state index contributed by atoms with van der Waals surface area (Å²) in [6.45, 7) is 3.54. The van der Waals surface area contributed by atoms with Gasteiger partial charge in [-0.15, -0.1) is 22.7 Å². The predicted octanol–water partition coefficient (Wildman–Crippen LogP) is 3.31. The van der Waals surface area contributed by atoms with Crippen molar-refractivity contribution in [1.82, 2.24) is 9.97 Å². The van der Waals surface area contributed by atoms with Gasteiger partial charge in [-0.3, -0.25) is 4.79 Å². The molecule has 1 amide bonds. The van der Waals surface area contributed by atoms with Gasteiger partial charge in [0.1, 0.15) is 17.3 Å². The van der Waals surface area contributed by atoms with Crippen LogP contribution >= 0.6 is 22.7 Å². The van der Waals surface area contributed by atoms with Crippen molar-refractivity contribution in [2.75, 3.05) is 5.32 Å². The molecule has 1 fully saturated rings. The van der Waals surface area contributed by atoms with Gasteiger partial charge in [0.15, 0.2) is 5.13 Å². The molecule has 3 rings (SSSR count). The molecule has 1 aliphatic carbocycles. The zero-order valence-corrected chi connectivity index (χ0v) is 13.8. The third-order valence-electron chi connectivity index (χ3n) is 3.59. The molecule has 5 nitrogen and oxygen atoms in total. The van der Waals surface area contributed by atoms with Crippen LogP contribution in [0.25, 0.3) is 10.6 Å². The second-order valence-electron chi connectivity index (χ2n) is 5.44. The van der Waals surface area contributed by atoms with E-state index in [1.807, 2.05) is 12.3 Å². The Hall–Kier alpha value is -1.38. The smallest absolute Gasteiger partial charge is 0.229 e. The fraction of sp³-hybridized carbons (Fsp3) is 0.500. The molecular weight excluding hydrogens is 325 g/mol. The lowest BCUT2D eigenvalue weighted by Gasteiger charge is -2.27. The third-order valence-corrected chi connectivity index (χ3v) is 5.70. The highest BCUT2D eigenvalue weighted by Crippen LogP contribution is 2.35. The largest absolute Gasteiger partial charge is 0.386 e. The minimum absolute atomic E-state index is 0.166. The molecule has 1 unspecified atom stereocenters. The molecular formula is C14H16FN3O2S2. The maximum absolute atomic E-state index is 12.8. The molecule has 2 aromatic heterocycles. The first-order valence-electron chi connectivity index (χ1n) is 7.00. The van der Waals surface area contributed by atoms with Gasteiger partial charge in [0.05, 0.1) is 16.3 Å². The van der Waals surface area contributed by atoms with Crippen LogP contribution in [0.5, 0.6) is 0 Å². The highest BCUT2D eigenvalue weighted by atomic mass is 32.1. The van der Waals surface area contributed by atoms with Gasteiger partial charge in [-0.25, -0.2) is 14.4 Å². The number of aryl methyl sites for hydroxylation is 1. The number of anilines is 1. The van der Waals surface area contributed by atoms with Crippen molar-refractivity contribution < 1.29 is 14.3 Å². The number of thiazole rings is 2. The van der Waals surface area contributed by atoms with E-state index >= 15 is 0 Å². The Morgan fingerprint density at radius 1 is 1.50 bits per heavy atom. The van der Waals surface area contributed by atoms with Gasteiger partial charge in [-0.05, 0) is 26.7 Å². The third kappa shape index (κ3) is 3.04. The zero-order valence-electron chi connectivity index (χ0n) is 12.2. The molecule has 0 bridgehead atoms. The molecule has 1 aliphatic rings. The van der Waals surface area contributed by atoms with E-state index in [1.54, 1.807) is 6.92 Å². The number of aliphatic hydroxyl groups is 1. The summed E-state index contributed by atoms with van der Waals surface area (Å²) in [6.07, 6.45) is -0.852. The topological polar surface area (TPSA) is 75.1 Å². The van der Waals surface area contributed by atoms with Crippen LogP contribution in [-0.4, -0.2) is 27.2 Å². The molecule has 0 aromatic carbocycles. The number of hydrogen-bond acceptors (Lipinski definition) is 6. The summed E-state index contributed by atoms with van der Waals surface area (Å²) in [4.78, 5) is 21.5. The molecule has 2 aromatic rings. The van der Waals surface area contributed by atoms with Crippen molar-refractivity contribution in [2.45, 2.75) is 39.0 Å². The van der Waals surface area contributed by atoms with Crippen molar-refractivity contribution >= 4 is 33.7 Å². The normalized spacial score (nSPS) is 22.2. The SMILES string of the molecule is Cc1nc(C(C)O)sc1-c1csc(NC(=O)[C@H]2C[C@H](F)C2)n1. The Morgan fingerprint density at radius 3 is 2.82 bits per heavy atom. The van der Waals surface area contributed by atoms with E-state index in [0.29, 0.717) is 23.0 Å². The number of carbonyl (C=O) groups excluding carboxylic acids is 1. The molecule has 118 valence electrons. The molecule has 0 spiro atoms. The second-order valence-corrected chi connectivity index (χ2v) is 7.32. The molecule has 0 radical (unpaired) electrons. The lowest BCUT2D eigenvalue weighted by atomic mass is 9.83. The number of carbonyl (C=O) groups is 1. The number of aromatic nitrogens is 2. The van der Waals surface area contributed by atoms with Crippen molar-refractivity contribution in [3.8, 4) is 10.6 Å². The quantitative estimate of drug-likeness (QED) is 0.894. The maximum Gasteiger partial charge on any atom is 0.229 e. The van der Waals surface area contributed by atoms with Gasteiger partial charge < -0.3 is 10.4 Å². The molecule has 8 heteroatoms. The highest BCUT2D eigenvalue weighted by Gasteiger charge is 2.34. The summed E-state index contributed by atoms with van der Waals surface area (Å²) >= 11 is 2.73. The van der Waals surface area contributed by atoms with Crippen molar-refractivity contribution in [3.05, 3.63) is 16.1 Å². The van der Waals surface area contributed by atoms with Gasteiger partial charge in [0.25, 0.3) is 0 Å². The zero-order chi connectivity index (χ0) is 15.9. The minimum atomic E-state index is -0.846.